The van der Waals surface area contributed by atoms with Crippen LogP contribution in [-0.2, 0) is 0 Å². The van der Waals surface area contributed by atoms with Gasteiger partial charge in [-0.2, -0.15) is 0 Å². The van der Waals surface area contributed by atoms with Crippen LogP contribution in [0.5, 0.6) is 0 Å². The molecule has 0 saturated carbocycles. The van der Waals surface area contributed by atoms with Gasteiger partial charge in [0.25, 0.3) is 0 Å². The van der Waals surface area contributed by atoms with Crippen LogP contribution in [0.2, 0.25) is 0 Å². The number of rotatable bonds is 5. The topological polar surface area (TPSA) is 24.9 Å². The van der Waals surface area contributed by atoms with Gasteiger partial charge in [0, 0.05) is 6.20 Å². The summed E-state index contributed by atoms with van der Waals surface area (Å²) in [6.07, 6.45) is 2.89. The van der Waals surface area contributed by atoms with Gasteiger partial charge in [0.05, 0.1) is 11.7 Å². The van der Waals surface area contributed by atoms with Crippen LogP contribution in [0.3, 0.4) is 0 Å². The molecule has 0 aliphatic rings. The number of halogens is 1. The second-order valence-electron chi connectivity index (χ2n) is 5.16. The van der Waals surface area contributed by atoms with Crippen LogP contribution in [-0.4, -0.2) is 11.5 Å². The lowest BCUT2D eigenvalue weighted by molar-refractivity contribution is 0.573. The molecule has 1 unspecified atom stereocenters. The molecule has 20 heavy (non-hydrogen) atoms. The molecule has 0 aliphatic heterocycles. The minimum atomic E-state index is -0.212. The Morgan fingerprint density at radius 3 is 2.70 bits per heavy atom. The average Bonchev–Trinajstić information content (AvgIpc) is 2.41. The number of pyridine rings is 1. The summed E-state index contributed by atoms with van der Waals surface area (Å²) in [6, 6.07) is 8.78. The highest BCUT2D eigenvalue weighted by Gasteiger charge is 2.17. The van der Waals surface area contributed by atoms with E-state index >= 15 is 0 Å². The van der Waals surface area contributed by atoms with Gasteiger partial charge in [-0.3, -0.25) is 4.98 Å². The van der Waals surface area contributed by atoms with E-state index in [0.29, 0.717) is 0 Å². The van der Waals surface area contributed by atoms with E-state index in [2.05, 4.69) is 30.2 Å². The molecule has 0 aliphatic carbocycles. The molecular weight excluding hydrogens is 251 g/mol. The van der Waals surface area contributed by atoms with Crippen molar-refractivity contribution in [3.05, 3.63) is 64.7 Å². The van der Waals surface area contributed by atoms with Crippen molar-refractivity contribution in [1.29, 1.82) is 0 Å². The third kappa shape index (κ3) is 3.42. The van der Waals surface area contributed by atoms with Crippen molar-refractivity contribution in [2.75, 3.05) is 6.54 Å². The molecule has 1 N–H and O–H groups in total. The molecule has 2 aromatic rings. The molecule has 0 fully saturated rings. The van der Waals surface area contributed by atoms with Gasteiger partial charge in [-0.25, -0.2) is 4.39 Å². The third-order valence-corrected chi connectivity index (χ3v) is 3.31. The molecule has 2 rings (SSSR count). The first-order valence-electron chi connectivity index (χ1n) is 7.03. The monoisotopic (exact) mass is 272 g/mol. The number of aryl methyl sites for hydroxylation is 2. The fraction of sp³-hybridized carbons (Fsp3) is 0.353. The largest absolute Gasteiger partial charge is 0.305 e. The van der Waals surface area contributed by atoms with Gasteiger partial charge in [0.15, 0.2) is 0 Å². The van der Waals surface area contributed by atoms with Gasteiger partial charge >= 0.3 is 0 Å². The predicted octanol–water partition coefficient (Wildman–Crippen LogP) is 3.93. The van der Waals surface area contributed by atoms with E-state index in [-0.39, 0.29) is 11.9 Å². The quantitative estimate of drug-likeness (QED) is 0.892. The molecule has 0 radical (unpaired) electrons. The zero-order valence-corrected chi connectivity index (χ0v) is 12.3. The predicted molar refractivity (Wildman–Crippen MR) is 80.2 cm³/mol. The highest BCUT2D eigenvalue weighted by molar-refractivity contribution is 5.34. The molecule has 0 amide bonds. The Kier molecular flexibility index (Phi) is 4.85. The van der Waals surface area contributed by atoms with Crippen LogP contribution in [0.25, 0.3) is 0 Å². The molecule has 1 atom stereocenters. The number of aromatic nitrogens is 1. The van der Waals surface area contributed by atoms with Crippen molar-refractivity contribution in [2.45, 2.75) is 33.2 Å². The van der Waals surface area contributed by atoms with Gasteiger partial charge < -0.3 is 5.32 Å². The van der Waals surface area contributed by atoms with Gasteiger partial charge in [0.1, 0.15) is 5.82 Å². The van der Waals surface area contributed by atoms with Crippen molar-refractivity contribution >= 4 is 0 Å². The molecule has 1 aromatic heterocycles. The minimum Gasteiger partial charge on any atom is -0.305 e. The van der Waals surface area contributed by atoms with Gasteiger partial charge in [0.2, 0.25) is 0 Å². The first-order chi connectivity index (χ1) is 9.61. The highest BCUT2D eigenvalue weighted by Crippen LogP contribution is 2.24. The van der Waals surface area contributed by atoms with Crippen molar-refractivity contribution < 1.29 is 4.39 Å². The molecule has 2 nitrogen and oxygen atoms in total. The van der Waals surface area contributed by atoms with Gasteiger partial charge in [-0.15, -0.1) is 0 Å². The van der Waals surface area contributed by atoms with Gasteiger partial charge in [-0.05, 0) is 55.6 Å². The van der Waals surface area contributed by atoms with Crippen LogP contribution >= 0.6 is 0 Å². The standard InChI is InChI=1S/C17H21FN2/c1-4-8-19-17(14-6-5-7-15(18)10-14)16-13(3)9-12(2)11-20-16/h5-7,9-11,17,19H,4,8H2,1-3H3. The maximum atomic E-state index is 13.5. The van der Waals surface area contributed by atoms with E-state index in [1.165, 1.54) is 6.07 Å². The van der Waals surface area contributed by atoms with Crippen molar-refractivity contribution in [3.8, 4) is 0 Å². The summed E-state index contributed by atoms with van der Waals surface area (Å²) >= 11 is 0. The normalized spacial score (nSPS) is 12.4. The highest BCUT2D eigenvalue weighted by atomic mass is 19.1. The first kappa shape index (κ1) is 14.7. The van der Waals surface area contributed by atoms with E-state index in [1.807, 2.05) is 19.2 Å². The average molecular weight is 272 g/mol. The maximum Gasteiger partial charge on any atom is 0.123 e. The second-order valence-corrected chi connectivity index (χ2v) is 5.16. The molecule has 0 spiro atoms. The molecule has 0 bridgehead atoms. The summed E-state index contributed by atoms with van der Waals surface area (Å²) in [7, 11) is 0. The van der Waals surface area contributed by atoms with E-state index in [1.54, 1.807) is 12.1 Å². The SMILES string of the molecule is CCCNC(c1cccc(F)c1)c1ncc(C)cc1C. The third-order valence-electron chi connectivity index (χ3n) is 3.31. The summed E-state index contributed by atoms with van der Waals surface area (Å²) in [5.74, 6) is -0.212. The molecule has 3 heteroatoms. The summed E-state index contributed by atoms with van der Waals surface area (Å²) in [5.41, 5.74) is 4.15. The molecular formula is C17H21FN2. The Morgan fingerprint density at radius 1 is 1.25 bits per heavy atom. The van der Waals surface area contributed by atoms with Crippen LogP contribution in [0.1, 0.15) is 41.8 Å². The van der Waals surface area contributed by atoms with Crippen molar-refractivity contribution in [1.82, 2.24) is 10.3 Å². The smallest absolute Gasteiger partial charge is 0.123 e. The second kappa shape index (κ2) is 6.62. The summed E-state index contributed by atoms with van der Waals surface area (Å²) in [5, 5.41) is 3.46. The number of hydrogen-bond acceptors (Lipinski definition) is 2. The number of benzene rings is 1. The van der Waals surface area contributed by atoms with Crippen LogP contribution in [0.4, 0.5) is 4.39 Å². The molecule has 1 heterocycles. The lowest BCUT2D eigenvalue weighted by Crippen LogP contribution is -2.25. The maximum absolute atomic E-state index is 13.5. The number of hydrogen-bond donors (Lipinski definition) is 1. The fourth-order valence-electron chi connectivity index (χ4n) is 2.38. The zero-order chi connectivity index (χ0) is 14.5. The first-order valence-corrected chi connectivity index (χ1v) is 7.03. The zero-order valence-electron chi connectivity index (χ0n) is 12.3. The number of nitrogens with zero attached hydrogens (tertiary/aromatic N) is 1. The number of nitrogens with one attached hydrogen (secondary N) is 1. The Hall–Kier alpha value is -1.74. The summed E-state index contributed by atoms with van der Waals surface area (Å²) < 4.78 is 13.5. The summed E-state index contributed by atoms with van der Waals surface area (Å²) in [4.78, 5) is 4.55. The van der Waals surface area contributed by atoms with Crippen LogP contribution < -0.4 is 5.32 Å². The Bertz CT molecular complexity index is 581. The Morgan fingerprint density at radius 2 is 2.05 bits per heavy atom. The summed E-state index contributed by atoms with van der Waals surface area (Å²) in [6.45, 7) is 7.07. The van der Waals surface area contributed by atoms with Crippen LogP contribution in [0.15, 0.2) is 36.5 Å². The Balaban J connectivity index is 2.41. The van der Waals surface area contributed by atoms with E-state index in [9.17, 15) is 4.39 Å². The van der Waals surface area contributed by atoms with Crippen LogP contribution in [0, 0.1) is 19.7 Å². The Labute approximate surface area is 120 Å². The van der Waals surface area contributed by atoms with Gasteiger partial charge in [-0.1, -0.05) is 25.1 Å². The van der Waals surface area contributed by atoms with E-state index < -0.39 is 0 Å². The van der Waals surface area contributed by atoms with Crippen molar-refractivity contribution in [3.63, 3.8) is 0 Å². The van der Waals surface area contributed by atoms with E-state index in [0.717, 1.165) is 35.3 Å². The minimum absolute atomic E-state index is 0.0637. The lowest BCUT2D eigenvalue weighted by atomic mass is 9.99. The molecule has 1 aromatic carbocycles. The molecule has 106 valence electrons. The van der Waals surface area contributed by atoms with Crippen molar-refractivity contribution in [2.24, 2.45) is 0 Å². The molecule has 0 saturated heterocycles. The lowest BCUT2D eigenvalue weighted by Gasteiger charge is -2.20. The fourth-order valence-corrected chi connectivity index (χ4v) is 2.38. The van der Waals surface area contributed by atoms with E-state index in [4.69, 9.17) is 0 Å².